The lowest BCUT2D eigenvalue weighted by molar-refractivity contribution is -0.145. The van der Waals surface area contributed by atoms with Crippen LogP contribution in [0, 0.1) is 5.41 Å². The first-order valence-electron chi connectivity index (χ1n) is 6.09. The summed E-state index contributed by atoms with van der Waals surface area (Å²) in [5.41, 5.74) is 1.57. The Hall–Kier alpha value is -1.75. The third-order valence-corrected chi connectivity index (χ3v) is 3.70. The Kier molecular flexibility index (Phi) is 4.27. The van der Waals surface area contributed by atoms with Crippen LogP contribution in [0.3, 0.4) is 0 Å². The van der Waals surface area contributed by atoms with Crippen LogP contribution in [0.25, 0.3) is 0 Å². The molecule has 0 radical (unpaired) electrons. The topological polar surface area (TPSA) is 62.2 Å². The normalized spacial score (nSPS) is 15.8. The second kappa shape index (κ2) is 5.93. The van der Waals surface area contributed by atoms with E-state index >= 15 is 0 Å². The molecule has 2 N–H and O–H groups in total. The molecule has 1 heterocycles. The van der Waals surface area contributed by atoms with Crippen LogP contribution in [0.5, 0.6) is 0 Å². The van der Waals surface area contributed by atoms with E-state index in [1.165, 1.54) is 11.8 Å². The van der Waals surface area contributed by atoms with Crippen molar-refractivity contribution in [2.75, 3.05) is 6.61 Å². The summed E-state index contributed by atoms with van der Waals surface area (Å²) >= 11 is 1.40. The molecule has 0 saturated heterocycles. The molecule has 4 nitrogen and oxygen atoms in total. The van der Waals surface area contributed by atoms with Crippen LogP contribution in [0.2, 0.25) is 0 Å². The van der Waals surface area contributed by atoms with Gasteiger partial charge in [0.15, 0.2) is 6.04 Å². The van der Waals surface area contributed by atoms with Gasteiger partial charge in [-0.05, 0) is 19.4 Å². The molecule has 0 aliphatic carbocycles. The molecule has 100 valence electrons. The molecule has 0 bridgehead atoms. The number of hydrogen-bond donors (Lipinski definition) is 2. The van der Waals surface area contributed by atoms with Crippen LogP contribution >= 0.6 is 11.8 Å². The first-order valence-corrected chi connectivity index (χ1v) is 6.91. The van der Waals surface area contributed by atoms with Crippen molar-refractivity contribution < 1.29 is 9.53 Å². The summed E-state index contributed by atoms with van der Waals surface area (Å²) in [5, 5.41) is 11.3. The largest absolute Gasteiger partial charge is 0.464 e. The number of ether oxygens (including phenoxy) is 1. The van der Waals surface area contributed by atoms with E-state index in [9.17, 15) is 4.79 Å². The predicted octanol–water partition coefficient (Wildman–Crippen LogP) is 2.84. The molecule has 0 amide bonds. The Balaban J connectivity index is 2.23. The number of esters is 1. The molecule has 1 unspecified atom stereocenters. The average molecular weight is 276 g/mol. The standard InChI is InChI=1S/C14H16N2O2S/c1-3-18-14(17)12(10-7-5-4-6-8-10)16-11-9(2)19-13(11)15/h4-8,12,15-16H,3H2,1-2H3. The van der Waals surface area contributed by atoms with E-state index in [-0.39, 0.29) is 5.97 Å². The zero-order valence-electron chi connectivity index (χ0n) is 10.9. The van der Waals surface area contributed by atoms with Crippen LogP contribution in [0.15, 0.2) is 40.9 Å². The van der Waals surface area contributed by atoms with Crippen LogP contribution in [-0.2, 0) is 9.53 Å². The average Bonchev–Trinajstić information content (AvgIpc) is 2.40. The van der Waals surface area contributed by atoms with E-state index in [1.54, 1.807) is 6.92 Å². The van der Waals surface area contributed by atoms with Gasteiger partial charge in [0.05, 0.1) is 12.3 Å². The van der Waals surface area contributed by atoms with Crippen LogP contribution in [0.1, 0.15) is 25.5 Å². The lowest BCUT2D eigenvalue weighted by atomic mass is 10.1. The highest BCUT2D eigenvalue weighted by Gasteiger charge is 2.29. The molecule has 1 atom stereocenters. The molecular weight excluding hydrogens is 260 g/mol. The third-order valence-electron chi connectivity index (χ3n) is 2.78. The minimum absolute atomic E-state index is 0.321. The van der Waals surface area contributed by atoms with Gasteiger partial charge in [-0.2, -0.15) is 0 Å². The molecule has 1 aliphatic heterocycles. The molecule has 2 rings (SSSR count). The van der Waals surface area contributed by atoms with E-state index < -0.39 is 6.04 Å². The van der Waals surface area contributed by atoms with Gasteiger partial charge in [-0.15, -0.1) is 0 Å². The highest BCUT2D eigenvalue weighted by atomic mass is 32.2. The van der Waals surface area contributed by atoms with E-state index in [2.05, 4.69) is 5.32 Å². The van der Waals surface area contributed by atoms with Crippen LogP contribution in [0.4, 0.5) is 0 Å². The number of carbonyl (C=O) groups excluding carboxylic acids is 1. The van der Waals surface area contributed by atoms with Crippen molar-refractivity contribution in [2.24, 2.45) is 0 Å². The lowest BCUT2D eigenvalue weighted by Crippen LogP contribution is -2.34. The van der Waals surface area contributed by atoms with Gasteiger partial charge in [0, 0.05) is 4.91 Å². The SMILES string of the molecule is CCOC(=O)C(NC1=C(C)SC1=N)c1ccccc1. The van der Waals surface area contributed by atoms with Crippen molar-refractivity contribution in [2.45, 2.75) is 19.9 Å². The first kappa shape index (κ1) is 13.7. The summed E-state index contributed by atoms with van der Waals surface area (Å²) < 4.78 is 5.10. The van der Waals surface area contributed by atoms with Crippen molar-refractivity contribution in [3.63, 3.8) is 0 Å². The molecule has 0 saturated carbocycles. The molecule has 5 heteroatoms. The molecule has 0 aromatic heterocycles. The number of nitrogens with one attached hydrogen (secondary N) is 2. The zero-order valence-corrected chi connectivity index (χ0v) is 11.7. The Morgan fingerprint density at radius 1 is 1.42 bits per heavy atom. The summed E-state index contributed by atoms with van der Waals surface area (Å²) in [6.45, 7) is 4.05. The van der Waals surface area contributed by atoms with Gasteiger partial charge in [0.1, 0.15) is 5.04 Å². The lowest BCUT2D eigenvalue weighted by Gasteiger charge is -2.27. The number of benzene rings is 1. The minimum atomic E-state index is -0.563. The molecule has 1 aromatic carbocycles. The van der Waals surface area contributed by atoms with Gasteiger partial charge in [0.25, 0.3) is 0 Å². The highest BCUT2D eigenvalue weighted by molar-refractivity contribution is 8.19. The van der Waals surface area contributed by atoms with Crippen LogP contribution in [-0.4, -0.2) is 17.6 Å². The zero-order chi connectivity index (χ0) is 13.8. The fraction of sp³-hybridized carbons (Fsp3) is 0.286. The molecule has 0 fully saturated rings. The molecular formula is C14H16N2O2S. The Bertz CT molecular complexity index is 526. The minimum Gasteiger partial charge on any atom is -0.464 e. The second-order valence-corrected chi connectivity index (χ2v) is 5.33. The van der Waals surface area contributed by atoms with Crippen LogP contribution < -0.4 is 5.32 Å². The Labute approximate surface area is 116 Å². The maximum absolute atomic E-state index is 12.0. The maximum Gasteiger partial charge on any atom is 0.333 e. The molecule has 0 spiro atoms. The maximum atomic E-state index is 12.0. The summed E-state index contributed by atoms with van der Waals surface area (Å²) in [6, 6.07) is 8.85. The van der Waals surface area contributed by atoms with Gasteiger partial charge in [0.2, 0.25) is 0 Å². The Morgan fingerprint density at radius 3 is 2.63 bits per heavy atom. The third kappa shape index (κ3) is 2.98. The quantitative estimate of drug-likeness (QED) is 0.812. The number of allylic oxidation sites excluding steroid dienone is 1. The second-order valence-electron chi connectivity index (χ2n) is 4.10. The number of hydrogen-bond acceptors (Lipinski definition) is 5. The van der Waals surface area contributed by atoms with Crippen molar-refractivity contribution in [3.05, 3.63) is 46.5 Å². The fourth-order valence-corrected chi connectivity index (χ4v) is 2.56. The van der Waals surface area contributed by atoms with Gasteiger partial charge >= 0.3 is 5.97 Å². The van der Waals surface area contributed by atoms with Gasteiger partial charge in [-0.1, -0.05) is 42.1 Å². The van der Waals surface area contributed by atoms with E-state index in [1.807, 2.05) is 37.3 Å². The Morgan fingerprint density at radius 2 is 2.11 bits per heavy atom. The van der Waals surface area contributed by atoms with Crippen molar-refractivity contribution >= 4 is 22.8 Å². The molecule has 1 aliphatic rings. The summed E-state index contributed by atoms with van der Waals surface area (Å²) in [6.07, 6.45) is 0. The van der Waals surface area contributed by atoms with Crippen molar-refractivity contribution in [1.29, 1.82) is 5.41 Å². The van der Waals surface area contributed by atoms with Gasteiger partial charge in [-0.25, -0.2) is 4.79 Å². The van der Waals surface area contributed by atoms with Crippen molar-refractivity contribution in [3.8, 4) is 0 Å². The summed E-state index contributed by atoms with van der Waals surface area (Å²) in [7, 11) is 0. The van der Waals surface area contributed by atoms with E-state index in [4.69, 9.17) is 10.1 Å². The number of thioether (sulfide) groups is 1. The van der Waals surface area contributed by atoms with E-state index in [0.29, 0.717) is 11.7 Å². The summed E-state index contributed by atoms with van der Waals surface area (Å²) in [4.78, 5) is 13.1. The molecule has 1 aromatic rings. The monoisotopic (exact) mass is 276 g/mol. The van der Waals surface area contributed by atoms with E-state index in [0.717, 1.165) is 16.2 Å². The molecule has 19 heavy (non-hydrogen) atoms. The smallest absolute Gasteiger partial charge is 0.333 e. The summed E-state index contributed by atoms with van der Waals surface area (Å²) in [5.74, 6) is -0.321. The van der Waals surface area contributed by atoms with Crippen molar-refractivity contribution in [1.82, 2.24) is 5.32 Å². The number of carbonyl (C=O) groups is 1. The predicted molar refractivity (Wildman–Crippen MR) is 77.0 cm³/mol. The highest BCUT2D eigenvalue weighted by Crippen LogP contribution is 2.34. The van der Waals surface area contributed by atoms with Gasteiger partial charge < -0.3 is 10.1 Å². The first-order chi connectivity index (χ1) is 9.13. The fourth-order valence-electron chi connectivity index (χ4n) is 1.83. The van der Waals surface area contributed by atoms with Gasteiger partial charge in [-0.3, -0.25) is 5.41 Å². The number of rotatable bonds is 5.